The second kappa shape index (κ2) is 4.43. The zero-order chi connectivity index (χ0) is 14.7. The Kier molecular flexibility index (Phi) is 2.58. The fourth-order valence-electron chi connectivity index (χ4n) is 3.89. The van der Waals surface area contributed by atoms with Gasteiger partial charge in [0.1, 0.15) is 5.65 Å². The summed E-state index contributed by atoms with van der Waals surface area (Å²) < 4.78 is 3.23. The number of fused-ring (bicyclic) bond motifs is 3. The molecular weight excluding hydrogens is 342 g/mol. The van der Waals surface area contributed by atoms with E-state index < -0.39 is 0 Å². The summed E-state index contributed by atoms with van der Waals surface area (Å²) >= 11 is 3.56. The molecule has 22 heavy (non-hydrogen) atoms. The summed E-state index contributed by atoms with van der Waals surface area (Å²) in [7, 11) is 0. The van der Waals surface area contributed by atoms with Gasteiger partial charge in [-0.3, -0.25) is 4.68 Å². The van der Waals surface area contributed by atoms with E-state index >= 15 is 0 Å². The first kappa shape index (κ1) is 12.8. The summed E-state index contributed by atoms with van der Waals surface area (Å²) in [4.78, 5) is 7.66. The van der Waals surface area contributed by atoms with Gasteiger partial charge in [0.15, 0.2) is 0 Å². The minimum Gasteiger partial charge on any atom is -0.345 e. The van der Waals surface area contributed by atoms with Gasteiger partial charge in [0.2, 0.25) is 0 Å². The number of H-pyrrole nitrogens is 1. The molecule has 0 amide bonds. The Hall–Kier alpha value is -1.66. The number of aryl methyl sites for hydroxylation is 1. The molecule has 3 aromatic rings. The zero-order valence-corrected chi connectivity index (χ0v) is 13.7. The molecular formula is C16H16BrN5. The highest BCUT2D eigenvalue weighted by atomic mass is 79.9. The molecule has 1 saturated heterocycles. The van der Waals surface area contributed by atoms with Crippen molar-refractivity contribution in [3.63, 3.8) is 0 Å². The van der Waals surface area contributed by atoms with Crippen molar-refractivity contribution in [2.75, 3.05) is 13.1 Å². The van der Waals surface area contributed by atoms with Crippen LogP contribution in [0.3, 0.4) is 0 Å². The van der Waals surface area contributed by atoms with Crippen LogP contribution in [0.15, 0.2) is 29.0 Å². The molecule has 0 radical (unpaired) electrons. The van der Waals surface area contributed by atoms with Crippen LogP contribution in [0, 0.1) is 0 Å². The Morgan fingerprint density at radius 1 is 1.27 bits per heavy atom. The van der Waals surface area contributed by atoms with Crippen LogP contribution in [-0.2, 0) is 12.0 Å². The largest absolute Gasteiger partial charge is 0.345 e. The molecule has 0 saturated carbocycles. The fraction of sp³-hybridized carbons (Fsp3) is 0.375. The first-order chi connectivity index (χ1) is 10.8. The van der Waals surface area contributed by atoms with Gasteiger partial charge in [-0.15, -0.1) is 0 Å². The van der Waals surface area contributed by atoms with E-state index in [4.69, 9.17) is 5.10 Å². The van der Waals surface area contributed by atoms with Crippen LogP contribution in [0.1, 0.15) is 18.5 Å². The maximum Gasteiger partial charge on any atom is 0.138 e. The van der Waals surface area contributed by atoms with E-state index in [-0.39, 0.29) is 0 Å². The Balaban J connectivity index is 1.62. The van der Waals surface area contributed by atoms with E-state index in [1.807, 2.05) is 12.4 Å². The molecule has 1 unspecified atom stereocenters. The molecule has 2 N–H and O–H groups in total. The van der Waals surface area contributed by atoms with Gasteiger partial charge in [-0.05, 0) is 47.4 Å². The maximum absolute atomic E-state index is 4.82. The van der Waals surface area contributed by atoms with Crippen molar-refractivity contribution in [2.45, 2.75) is 24.8 Å². The van der Waals surface area contributed by atoms with E-state index in [1.165, 1.54) is 18.5 Å². The predicted octanol–water partition coefficient (Wildman–Crippen LogP) is 2.82. The molecule has 1 fully saturated rings. The number of hydrogen-bond acceptors (Lipinski definition) is 3. The van der Waals surface area contributed by atoms with Gasteiger partial charge >= 0.3 is 0 Å². The van der Waals surface area contributed by atoms with Crippen molar-refractivity contribution < 1.29 is 0 Å². The molecule has 0 aliphatic carbocycles. The standard InChI is InChI=1S/C16H16BrN5/c17-12-8-20-15-11(12)5-10(7-19-15)13-6-14-16(1-3-18-9-16)2-4-22(14)21-13/h5-8,18H,1-4,9H2,(H,19,20). The topological polar surface area (TPSA) is 58.5 Å². The highest BCUT2D eigenvalue weighted by Crippen LogP contribution is 2.41. The van der Waals surface area contributed by atoms with E-state index in [1.54, 1.807) is 0 Å². The molecule has 5 nitrogen and oxygen atoms in total. The van der Waals surface area contributed by atoms with Crippen LogP contribution in [0.2, 0.25) is 0 Å². The Bertz CT molecular complexity index is 872. The van der Waals surface area contributed by atoms with Gasteiger partial charge in [-0.25, -0.2) is 4.98 Å². The second-order valence-corrected chi connectivity index (χ2v) is 7.21. The average Bonchev–Trinajstić information content (AvgIpc) is 3.28. The third-order valence-corrected chi connectivity index (χ3v) is 5.80. The summed E-state index contributed by atoms with van der Waals surface area (Å²) in [6.07, 6.45) is 6.26. The lowest BCUT2D eigenvalue weighted by Crippen LogP contribution is -2.25. The Morgan fingerprint density at radius 2 is 2.23 bits per heavy atom. The highest BCUT2D eigenvalue weighted by Gasteiger charge is 2.42. The number of aromatic nitrogens is 4. The van der Waals surface area contributed by atoms with Crippen molar-refractivity contribution >= 4 is 27.0 Å². The van der Waals surface area contributed by atoms with Crippen molar-refractivity contribution in [1.82, 2.24) is 25.1 Å². The number of pyridine rings is 1. The minimum atomic E-state index is 0.303. The fourth-order valence-corrected chi connectivity index (χ4v) is 4.31. The molecule has 5 rings (SSSR count). The summed E-state index contributed by atoms with van der Waals surface area (Å²) in [5, 5.41) is 9.43. The van der Waals surface area contributed by atoms with Crippen LogP contribution in [0.4, 0.5) is 0 Å². The lowest BCUT2D eigenvalue weighted by Gasteiger charge is -2.20. The molecule has 0 bridgehead atoms. The Labute approximate surface area is 136 Å². The first-order valence-corrected chi connectivity index (χ1v) is 8.47. The third kappa shape index (κ3) is 1.68. The van der Waals surface area contributed by atoms with E-state index in [9.17, 15) is 0 Å². The lowest BCUT2D eigenvalue weighted by molar-refractivity contribution is 0.467. The van der Waals surface area contributed by atoms with Crippen molar-refractivity contribution in [1.29, 1.82) is 0 Å². The Morgan fingerprint density at radius 3 is 3.09 bits per heavy atom. The highest BCUT2D eigenvalue weighted by molar-refractivity contribution is 9.10. The van der Waals surface area contributed by atoms with Crippen LogP contribution >= 0.6 is 15.9 Å². The van der Waals surface area contributed by atoms with Gasteiger partial charge in [-0.2, -0.15) is 5.10 Å². The van der Waals surface area contributed by atoms with E-state index in [0.29, 0.717) is 5.41 Å². The first-order valence-electron chi connectivity index (χ1n) is 7.67. The van der Waals surface area contributed by atoms with Crippen molar-refractivity contribution in [2.24, 2.45) is 0 Å². The number of nitrogens with one attached hydrogen (secondary N) is 2. The molecule has 0 aromatic carbocycles. The summed E-state index contributed by atoms with van der Waals surface area (Å²) in [6, 6.07) is 4.42. The number of aromatic amines is 1. The van der Waals surface area contributed by atoms with Gasteiger partial charge in [0.25, 0.3) is 0 Å². The third-order valence-electron chi connectivity index (χ3n) is 5.15. The lowest BCUT2D eigenvalue weighted by atomic mass is 9.82. The zero-order valence-electron chi connectivity index (χ0n) is 12.1. The SMILES string of the molecule is Brc1c[nH]c2ncc(-c3cc4n(n3)CCC43CCNC3)cc12. The monoisotopic (exact) mass is 357 g/mol. The van der Waals surface area contributed by atoms with Crippen molar-refractivity contribution in [3.8, 4) is 11.3 Å². The molecule has 2 aliphatic rings. The quantitative estimate of drug-likeness (QED) is 0.703. The van der Waals surface area contributed by atoms with Gasteiger partial charge in [0, 0.05) is 52.0 Å². The van der Waals surface area contributed by atoms with Gasteiger partial charge in [-0.1, -0.05) is 0 Å². The molecule has 112 valence electrons. The normalized spacial score (nSPS) is 23.7. The van der Waals surface area contributed by atoms with E-state index in [0.717, 1.165) is 46.4 Å². The average molecular weight is 358 g/mol. The van der Waals surface area contributed by atoms with Crippen LogP contribution < -0.4 is 5.32 Å². The molecule has 1 spiro atoms. The van der Waals surface area contributed by atoms with Gasteiger partial charge < -0.3 is 10.3 Å². The molecule has 5 heterocycles. The number of hydrogen-bond donors (Lipinski definition) is 2. The summed E-state index contributed by atoms with van der Waals surface area (Å²) in [5.74, 6) is 0. The molecule has 3 aromatic heterocycles. The predicted molar refractivity (Wildman–Crippen MR) is 88.8 cm³/mol. The van der Waals surface area contributed by atoms with Gasteiger partial charge in [0.05, 0.1) is 5.69 Å². The second-order valence-electron chi connectivity index (χ2n) is 6.35. The smallest absolute Gasteiger partial charge is 0.138 e. The molecule has 2 aliphatic heterocycles. The van der Waals surface area contributed by atoms with Crippen LogP contribution in [0.5, 0.6) is 0 Å². The van der Waals surface area contributed by atoms with Crippen molar-refractivity contribution in [3.05, 3.63) is 34.7 Å². The number of halogens is 1. The minimum absolute atomic E-state index is 0.303. The summed E-state index contributed by atoms with van der Waals surface area (Å²) in [6.45, 7) is 3.23. The van der Waals surface area contributed by atoms with Crippen LogP contribution in [0.25, 0.3) is 22.3 Å². The number of rotatable bonds is 1. The molecule has 1 atom stereocenters. The van der Waals surface area contributed by atoms with Crippen LogP contribution in [-0.4, -0.2) is 32.8 Å². The number of nitrogens with zero attached hydrogens (tertiary/aromatic N) is 3. The summed E-state index contributed by atoms with van der Waals surface area (Å²) in [5.41, 5.74) is 4.70. The van der Waals surface area contributed by atoms with E-state index in [2.05, 4.69) is 48.0 Å². The molecule has 6 heteroatoms. The maximum atomic E-state index is 4.82.